The number of rotatable bonds is 4. The number of hydrogen-bond donors (Lipinski definition) is 0. The molecule has 4 rings (SSSR count). The highest BCUT2D eigenvalue weighted by Gasteiger charge is 2.17. The van der Waals surface area contributed by atoms with Crippen molar-refractivity contribution in [1.82, 2.24) is 5.16 Å². The van der Waals surface area contributed by atoms with Crippen LogP contribution in [-0.4, -0.2) is 17.9 Å². The lowest BCUT2D eigenvalue weighted by molar-refractivity contribution is 0.0426. The predicted molar refractivity (Wildman–Crippen MR) is 83.6 cm³/mol. The molecule has 8 heteroatoms. The van der Waals surface area contributed by atoms with E-state index in [2.05, 4.69) is 21.1 Å². The molecule has 0 radical (unpaired) electrons. The second-order valence-electron chi connectivity index (χ2n) is 4.93. The van der Waals surface area contributed by atoms with E-state index in [0.29, 0.717) is 27.6 Å². The Morgan fingerprint density at radius 3 is 2.88 bits per heavy atom. The molecule has 0 saturated carbocycles. The molecule has 3 heterocycles. The van der Waals surface area contributed by atoms with E-state index in [4.69, 9.17) is 23.2 Å². The summed E-state index contributed by atoms with van der Waals surface area (Å²) in [6.45, 7) is 0.185. The molecule has 24 heavy (non-hydrogen) atoms. The number of carbonyl (C=O) groups excluding carboxylic acids is 1. The van der Waals surface area contributed by atoms with Gasteiger partial charge in [0.2, 0.25) is 12.6 Å². The minimum atomic E-state index is -0.576. The summed E-state index contributed by atoms with van der Waals surface area (Å²) in [6, 6.07) is 10.3. The summed E-state index contributed by atoms with van der Waals surface area (Å²) in [7, 11) is 0. The number of fused-ring (bicyclic) bond motifs is 1. The fraction of sp³-hybridized carbons (Fsp3) is 0.125. The minimum absolute atomic E-state index is 0.0226. The van der Waals surface area contributed by atoms with Crippen molar-refractivity contribution in [3.63, 3.8) is 0 Å². The van der Waals surface area contributed by atoms with Gasteiger partial charge in [-0.1, -0.05) is 5.16 Å². The van der Waals surface area contributed by atoms with Gasteiger partial charge in [-0.15, -0.1) is 0 Å². The average Bonchev–Trinajstić information content (AvgIpc) is 3.32. The molecule has 0 aliphatic carbocycles. The molecule has 7 nitrogen and oxygen atoms in total. The van der Waals surface area contributed by atoms with Gasteiger partial charge < -0.3 is 23.2 Å². The molecule has 0 atom stereocenters. The highest BCUT2D eigenvalue weighted by atomic mass is 79.9. The van der Waals surface area contributed by atoms with Crippen molar-refractivity contribution < 1.29 is 27.9 Å². The minimum Gasteiger partial charge on any atom is -0.454 e. The van der Waals surface area contributed by atoms with Gasteiger partial charge in [-0.05, 0) is 46.3 Å². The molecule has 1 aromatic carbocycles. The van der Waals surface area contributed by atoms with Gasteiger partial charge in [-0.3, -0.25) is 0 Å². The smallest absolute Gasteiger partial charge is 0.374 e. The third-order valence-corrected chi connectivity index (χ3v) is 3.77. The van der Waals surface area contributed by atoms with Gasteiger partial charge in [0.1, 0.15) is 12.3 Å². The van der Waals surface area contributed by atoms with E-state index in [9.17, 15) is 4.79 Å². The highest BCUT2D eigenvalue weighted by molar-refractivity contribution is 9.10. The molecule has 1 aliphatic heterocycles. The number of halogens is 1. The van der Waals surface area contributed by atoms with Crippen molar-refractivity contribution in [2.75, 3.05) is 6.79 Å². The van der Waals surface area contributed by atoms with Crippen LogP contribution in [-0.2, 0) is 11.3 Å². The van der Waals surface area contributed by atoms with Gasteiger partial charge in [0.05, 0.1) is 0 Å². The highest BCUT2D eigenvalue weighted by Crippen LogP contribution is 2.36. The van der Waals surface area contributed by atoms with Gasteiger partial charge in [0, 0.05) is 11.6 Å². The second-order valence-corrected chi connectivity index (χ2v) is 5.71. The Balaban J connectivity index is 1.44. The van der Waals surface area contributed by atoms with Crippen LogP contribution in [0.2, 0.25) is 0 Å². The van der Waals surface area contributed by atoms with E-state index in [-0.39, 0.29) is 19.2 Å². The zero-order valence-corrected chi connectivity index (χ0v) is 13.7. The van der Waals surface area contributed by atoms with Crippen LogP contribution in [0.5, 0.6) is 11.5 Å². The maximum absolute atomic E-state index is 11.8. The molecule has 0 fully saturated rings. The fourth-order valence-electron chi connectivity index (χ4n) is 2.20. The molecule has 2 aromatic heterocycles. The lowest BCUT2D eigenvalue weighted by Crippen LogP contribution is -2.03. The molecule has 0 spiro atoms. The van der Waals surface area contributed by atoms with E-state index in [1.165, 1.54) is 6.07 Å². The maximum Gasteiger partial charge on any atom is 0.374 e. The third kappa shape index (κ3) is 2.88. The largest absolute Gasteiger partial charge is 0.454 e. The maximum atomic E-state index is 11.8. The van der Waals surface area contributed by atoms with Gasteiger partial charge >= 0.3 is 5.97 Å². The summed E-state index contributed by atoms with van der Waals surface area (Å²) >= 11 is 3.13. The molecule has 0 amide bonds. The van der Waals surface area contributed by atoms with Crippen LogP contribution < -0.4 is 9.47 Å². The summed E-state index contributed by atoms with van der Waals surface area (Å²) < 4.78 is 26.6. The van der Waals surface area contributed by atoms with Gasteiger partial charge in [0.25, 0.3) is 0 Å². The van der Waals surface area contributed by atoms with Crippen LogP contribution in [0.1, 0.15) is 16.2 Å². The number of hydrogen-bond acceptors (Lipinski definition) is 7. The Bertz CT molecular complexity index is 900. The van der Waals surface area contributed by atoms with Crippen LogP contribution in [0.25, 0.3) is 11.3 Å². The van der Waals surface area contributed by atoms with E-state index >= 15 is 0 Å². The van der Waals surface area contributed by atoms with Crippen LogP contribution in [0.4, 0.5) is 0 Å². The van der Waals surface area contributed by atoms with Crippen LogP contribution in [0, 0.1) is 0 Å². The van der Waals surface area contributed by atoms with E-state index in [0.717, 1.165) is 5.56 Å². The fourth-order valence-corrected chi connectivity index (χ4v) is 2.51. The Kier molecular flexibility index (Phi) is 3.73. The van der Waals surface area contributed by atoms with Crippen molar-refractivity contribution in [2.45, 2.75) is 6.61 Å². The number of benzene rings is 1. The first-order chi connectivity index (χ1) is 11.7. The molecule has 3 aromatic rings. The van der Waals surface area contributed by atoms with Crippen molar-refractivity contribution >= 4 is 21.9 Å². The quantitative estimate of drug-likeness (QED) is 0.625. The molecule has 1 aliphatic rings. The molecule has 0 saturated heterocycles. The van der Waals surface area contributed by atoms with Crippen molar-refractivity contribution in [2.24, 2.45) is 0 Å². The van der Waals surface area contributed by atoms with Crippen molar-refractivity contribution in [3.8, 4) is 22.8 Å². The average molecular weight is 392 g/mol. The first kappa shape index (κ1) is 14.8. The number of esters is 1. The lowest BCUT2D eigenvalue weighted by Gasteiger charge is -1.99. The summed E-state index contributed by atoms with van der Waals surface area (Å²) in [5, 5.41) is 3.89. The summed E-state index contributed by atoms with van der Waals surface area (Å²) in [6.07, 6.45) is 0. The molecule has 0 unspecified atom stereocenters. The lowest BCUT2D eigenvalue weighted by atomic mass is 10.1. The van der Waals surface area contributed by atoms with Crippen LogP contribution in [0.15, 0.2) is 50.0 Å². The SMILES string of the molecule is O=C(OCc1cc(-c2ccc3c(c2)OCO3)on1)c1ccc(Br)o1. The van der Waals surface area contributed by atoms with Gasteiger partial charge in [-0.2, -0.15) is 0 Å². The van der Waals surface area contributed by atoms with E-state index in [1.807, 2.05) is 6.07 Å². The molecular weight excluding hydrogens is 382 g/mol. The first-order valence-electron chi connectivity index (χ1n) is 6.97. The zero-order chi connectivity index (χ0) is 16.5. The van der Waals surface area contributed by atoms with Crippen molar-refractivity contribution in [1.29, 1.82) is 0 Å². The molecule has 0 N–H and O–H groups in total. The van der Waals surface area contributed by atoms with Gasteiger partial charge in [0.15, 0.2) is 21.9 Å². The number of nitrogens with zero attached hydrogens (tertiary/aromatic N) is 1. The second kappa shape index (κ2) is 6.04. The Labute approximate surface area is 144 Å². The zero-order valence-electron chi connectivity index (χ0n) is 12.2. The van der Waals surface area contributed by atoms with Crippen LogP contribution in [0.3, 0.4) is 0 Å². The molecule has 122 valence electrons. The topological polar surface area (TPSA) is 83.9 Å². The Morgan fingerprint density at radius 1 is 1.17 bits per heavy atom. The normalized spacial score (nSPS) is 12.4. The molecular formula is C16H10BrNO6. The number of aromatic nitrogens is 1. The number of furan rings is 1. The third-order valence-electron chi connectivity index (χ3n) is 3.34. The summed E-state index contributed by atoms with van der Waals surface area (Å²) in [4.78, 5) is 11.8. The summed E-state index contributed by atoms with van der Waals surface area (Å²) in [5.41, 5.74) is 1.28. The van der Waals surface area contributed by atoms with E-state index < -0.39 is 5.97 Å². The first-order valence-corrected chi connectivity index (χ1v) is 7.76. The van der Waals surface area contributed by atoms with E-state index in [1.54, 1.807) is 24.3 Å². The molecule has 0 bridgehead atoms. The monoisotopic (exact) mass is 391 g/mol. The number of carbonyl (C=O) groups is 1. The standard InChI is InChI=1S/C16H10BrNO6/c17-15-4-3-12(23-15)16(19)20-7-10-6-13(24-18-10)9-1-2-11-14(5-9)22-8-21-11/h1-6H,7-8H2. The Morgan fingerprint density at radius 2 is 2.04 bits per heavy atom. The predicted octanol–water partition coefficient (Wildman–Crippen LogP) is 3.78. The Hall–Kier alpha value is -2.74. The summed E-state index contributed by atoms with van der Waals surface area (Å²) in [5.74, 6) is 1.42. The van der Waals surface area contributed by atoms with Crippen LogP contribution >= 0.6 is 15.9 Å². The number of ether oxygens (including phenoxy) is 3. The van der Waals surface area contributed by atoms with Gasteiger partial charge in [-0.25, -0.2) is 4.79 Å². The van der Waals surface area contributed by atoms with Crippen molar-refractivity contribution in [3.05, 3.63) is 52.5 Å².